The van der Waals surface area contributed by atoms with Gasteiger partial charge in [0.1, 0.15) is 17.6 Å². The van der Waals surface area contributed by atoms with E-state index in [4.69, 9.17) is 4.42 Å². The summed E-state index contributed by atoms with van der Waals surface area (Å²) in [4.78, 5) is 27.0. The maximum Gasteiger partial charge on any atom is 0.290 e. The van der Waals surface area contributed by atoms with Gasteiger partial charge in [-0.1, -0.05) is 40.5 Å². The maximum atomic E-state index is 12.9. The van der Waals surface area contributed by atoms with Crippen molar-refractivity contribution in [3.63, 3.8) is 0 Å². The zero-order valence-corrected chi connectivity index (χ0v) is 15.2. The van der Waals surface area contributed by atoms with E-state index in [0.717, 1.165) is 19.3 Å². The lowest BCUT2D eigenvalue weighted by Crippen LogP contribution is -2.33. The Balaban J connectivity index is 2.45. The van der Waals surface area contributed by atoms with Gasteiger partial charge in [0.2, 0.25) is 0 Å². The molecule has 24 heavy (non-hydrogen) atoms. The fraction of sp³-hybridized carbons (Fsp3) is 0.579. The molecule has 1 aromatic heterocycles. The van der Waals surface area contributed by atoms with Crippen LogP contribution in [0.4, 0.5) is 0 Å². The van der Waals surface area contributed by atoms with Crippen LogP contribution in [0.5, 0.6) is 0 Å². The van der Waals surface area contributed by atoms with Crippen LogP contribution >= 0.6 is 0 Å². The number of amides is 1. The van der Waals surface area contributed by atoms with Crippen LogP contribution in [0.2, 0.25) is 0 Å². The lowest BCUT2D eigenvalue weighted by molar-refractivity contribution is -0.129. The fourth-order valence-corrected chi connectivity index (χ4v) is 2.95. The van der Waals surface area contributed by atoms with Crippen molar-refractivity contribution in [3.05, 3.63) is 35.0 Å². The van der Waals surface area contributed by atoms with E-state index in [1.807, 2.05) is 6.92 Å². The first-order valence-corrected chi connectivity index (χ1v) is 8.53. The van der Waals surface area contributed by atoms with Crippen molar-refractivity contribution in [2.75, 3.05) is 6.54 Å². The van der Waals surface area contributed by atoms with Gasteiger partial charge >= 0.3 is 0 Å². The van der Waals surface area contributed by atoms with Crippen LogP contribution < -0.4 is 0 Å². The second kappa shape index (κ2) is 6.83. The van der Waals surface area contributed by atoms with Crippen molar-refractivity contribution in [3.8, 4) is 0 Å². The molecule has 0 saturated heterocycles. The predicted molar refractivity (Wildman–Crippen MR) is 91.5 cm³/mol. The zero-order chi connectivity index (χ0) is 18.1. The van der Waals surface area contributed by atoms with Gasteiger partial charge in [-0.2, -0.15) is 0 Å². The van der Waals surface area contributed by atoms with Gasteiger partial charge < -0.3 is 14.4 Å². The summed E-state index contributed by atoms with van der Waals surface area (Å²) in [5.41, 5.74) is -0.540. The summed E-state index contributed by atoms with van der Waals surface area (Å²) in [6.45, 7) is 9.74. The molecule has 0 spiro atoms. The van der Waals surface area contributed by atoms with E-state index in [1.165, 1.54) is 0 Å². The number of ketones is 1. The number of hydrogen-bond donors (Lipinski definition) is 1. The van der Waals surface area contributed by atoms with Crippen molar-refractivity contribution >= 4 is 11.7 Å². The number of carbonyl (C=O) groups excluding carboxylic acids is 2. The third-order valence-electron chi connectivity index (χ3n) is 4.26. The number of nitrogens with zero attached hydrogens (tertiary/aromatic N) is 1. The topological polar surface area (TPSA) is 70.8 Å². The minimum Gasteiger partial charge on any atom is -0.503 e. The molecule has 1 aliphatic rings. The first-order valence-electron chi connectivity index (χ1n) is 8.53. The van der Waals surface area contributed by atoms with Gasteiger partial charge in [-0.05, 0) is 25.5 Å². The van der Waals surface area contributed by atoms with Crippen LogP contribution in [-0.4, -0.2) is 28.2 Å². The van der Waals surface area contributed by atoms with Crippen molar-refractivity contribution < 1.29 is 19.1 Å². The van der Waals surface area contributed by atoms with Gasteiger partial charge in [0.15, 0.2) is 11.5 Å². The lowest BCUT2D eigenvalue weighted by atomic mass is 9.83. The number of hydrogen-bond acceptors (Lipinski definition) is 4. The Hall–Kier alpha value is -2.04. The zero-order valence-electron chi connectivity index (χ0n) is 15.2. The molecule has 1 amide bonds. The van der Waals surface area contributed by atoms with E-state index in [0.29, 0.717) is 18.1 Å². The molecule has 2 heterocycles. The first kappa shape index (κ1) is 18.3. The first-order chi connectivity index (χ1) is 11.2. The Morgan fingerprint density at radius 3 is 2.46 bits per heavy atom. The van der Waals surface area contributed by atoms with E-state index in [2.05, 4.69) is 6.92 Å². The van der Waals surface area contributed by atoms with Crippen molar-refractivity contribution in [2.45, 2.75) is 59.9 Å². The molecule has 1 unspecified atom stereocenters. The SMILES string of the molecule is CCCCCN1C(=O)C(O)=C(C(=O)C(C)(C)C)C1c1ccc(C)o1. The van der Waals surface area contributed by atoms with E-state index in [1.54, 1.807) is 37.8 Å². The molecule has 0 aliphatic carbocycles. The van der Waals surface area contributed by atoms with Gasteiger partial charge in [0.25, 0.3) is 5.91 Å². The van der Waals surface area contributed by atoms with Crippen molar-refractivity contribution in [1.29, 1.82) is 0 Å². The predicted octanol–water partition coefficient (Wildman–Crippen LogP) is 4.09. The molecule has 0 radical (unpaired) electrons. The number of aliphatic hydroxyl groups is 1. The second-order valence-corrected chi connectivity index (χ2v) is 7.40. The van der Waals surface area contributed by atoms with Crippen molar-refractivity contribution in [2.24, 2.45) is 5.41 Å². The highest BCUT2D eigenvalue weighted by atomic mass is 16.3. The lowest BCUT2D eigenvalue weighted by Gasteiger charge is -2.27. The molecule has 0 aromatic carbocycles. The highest BCUT2D eigenvalue weighted by Crippen LogP contribution is 2.41. The Labute approximate surface area is 143 Å². The van der Waals surface area contributed by atoms with Crippen LogP contribution in [0, 0.1) is 12.3 Å². The summed E-state index contributed by atoms with van der Waals surface area (Å²) in [6, 6.07) is 2.93. The number of unbranched alkanes of at least 4 members (excludes halogenated alkanes) is 2. The number of furan rings is 1. The van der Waals surface area contributed by atoms with Gasteiger partial charge in [0.05, 0.1) is 5.57 Å². The standard InChI is InChI=1S/C19H27NO4/c1-6-7-8-11-20-15(13-10-9-12(2)24-13)14(16(21)18(20)23)17(22)19(3,4)5/h9-10,15,21H,6-8,11H2,1-5H3. The van der Waals surface area contributed by atoms with E-state index < -0.39 is 23.1 Å². The second-order valence-electron chi connectivity index (χ2n) is 7.40. The van der Waals surface area contributed by atoms with Gasteiger partial charge in [-0.25, -0.2) is 0 Å². The smallest absolute Gasteiger partial charge is 0.290 e. The molecule has 0 bridgehead atoms. The summed E-state index contributed by atoms with van der Waals surface area (Å²) >= 11 is 0. The van der Waals surface area contributed by atoms with Crippen LogP contribution in [0.1, 0.15) is 64.5 Å². The molecular formula is C19H27NO4. The van der Waals surface area contributed by atoms with Gasteiger partial charge in [0, 0.05) is 12.0 Å². The molecule has 1 aliphatic heterocycles. The minimum absolute atomic E-state index is 0.151. The maximum absolute atomic E-state index is 12.9. The van der Waals surface area contributed by atoms with Gasteiger partial charge in [-0.3, -0.25) is 9.59 Å². The number of aliphatic hydroxyl groups excluding tert-OH is 1. The van der Waals surface area contributed by atoms with Gasteiger partial charge in [-0.15, -0.1) is 0 Å². The summed E-state index contributed by atoms with van der Waals surface area (Å²) in [5, 5.41) is 10.4. The summed E-state index contributed by atoms with van der Waals surface area (Å²) in [6.07, 6.45) is 2.83. The quantitative estimate of drug-likeness (QED) is 0.796. The Kier molecular flexibility index (Phi) is 5.21. The molecule has 0 fully saturated rings. The number of carbonyl (C=O) groups is 2. The molecule has 5 nitrogen and oxygen atoms in total. The molecule has 0 saturated carbocycles. The summed E-state index contributed by atoms with van der Waals surface area (Å²) in [5.74, 6) is 0.0718. The number of aryl methyl sites for hydroxylation is 1. The Bertz CT molecular complexity index is 663. The molecule has 5 heteroatoms. The van der Waals surface area contributed by atoms with Crippen LogP contribution in [0.15, 0.2) is 27.9 Å². The molecule has 1 aromatic rings. The monoisotopic (exact) mass is 333 g/mol. The highest BCUT2D eigenvalue weighted by Gasteiger charge is 2.46. The summed E-state index contributed by atoms with van der Waals surface area (Å²) in [7, 11) is 0. The Morgan fingerprint density at radius 2 is 1.96 bits per heavy atom. The average molecular weight is 333 g/mol. The van der Waals surface area contributed by atoms with Crippen molar-refractivity contribution in [1.82, 2.24) is 4.90 Å². The summed E-state index contributed by atoms with van der Waals surface area (Å²) < 4.78 is 5.70. The normalized spacial score (nSPS) is 18.6. The van der Waals surface area contributed by atoms with E-state index in [-0.39, 0.29) is 11.4 Å². The Morgan fingerprint density at radius 1 is 1.29 bits per heavy atom. The average Bonchev–Trinajstić information content (AvgIpc) is 3.02. The molecule has 1 N–H and O–H groups in total. The molecular weight excluding hydrogens is 306 g/mol. The number of rotatable bonds is 6. The van der Waals surface area contributed by atoms with Crippen LogP contribution in [-0.2, 0) is 9.59 Å². The minimum atomic E-state index is -0.692. The molecule has 1 atom stereocenters. The highest BCUT2D eigenvalue weighted by molar-refractivity contribution is 6.10. The largest absolute Gasteiger partial charge is 0.503 e. The van der Waals surface area contributed by atoms with E-state index in [9.17, 15) is 14.7 Å². The molecule has 2 rings (SSSR count). The van der Waals surface area contributed by atoms with Crippen LogP contribution in [0.3, 0.4) is 0 Å². The fourth-order valence-electron chi connectivity index (χ4n) is 2.95. The third-order valence-corrected chi connectivity index (χ3v) is 4.26. The third kappa shape index (κ3) is 3.40. The van der Waals surface area contributed by atoms with E-state index >= 15 is 0 Å². The molecule has 132 valence electrons. The van der Waals surface area contributed by atoms with Crippen LogP contribution in [0.25, 0.3) is 0 Å². The number of Topliss-reactive ketones (excluding diaryl/α,β-unsaturated/α-hetero) is 1.